The van der Waals surface area contributed by atoms with Crippen LogP contribution in [-0.2, 0) is 32.0 Å². The molecule has 38 heavy (non-hydrogen) atoms. The number of para-hydroxylation sites is 1. The van der Waals surface area contributed by atoms with Gasteiger partial charge in [-0.1, -0.05) is 30.3 Å². The maximum absolute atomic E-state index is 14.1. The molecule has 3 aromatic rings. The van der Waals surface area contributed by atoms with E-state index in [-0.39, 0.29) is 16.3 Å². The molecule has 2 aliphatic heterocycles. The number of nitro benzene ring substituents is 1. The molecule has 1 aromatic heterocycles. The predicted octanol–water partition coefficient (Wildman–Crippen LogP) is 4.37. The number of methoxy groups -OCH3 is 1. The molecule has 194 valence electrons. The first-order valence-corrected chi connectivity index (χ1v) is 13.1. The Kier molecular flexibility index (Phi) is 5.96. The SMILES string of the molecule is COC(=O)c1c(N2C(=O)[C@@H]3[C@H](ON(c4ccccc4)[C@@H]3c3cccc([N+](=O)[O-])c3)C2=O)sc2c1CCCC2. The van der Waals surface area contributed by atoms with Crippen LogP contribution >= 0.6 is 11.3 Å². The van der Waals surface area contributed by atoms with E-state index in [2.05, 4.69) is 0 Å². The minimum absolute atomic E-state index is 0.133. The van der Waals surface area contributed by atoms with Crippen molar-refractivity contribution in [1.82, 2.24) is 0 Å². The fourth-order valence-corrected chi connectivity index (χ4v) is 6.98. The molecule has 0 N–H and O–H groups in total. The number of fused-ring (bicyclic) bond motifs is 2. The highest BCUT2D eigenvalue weighted by molar-refractivity contribution is 7.17. The quantitative estimate of drug-likeness (QED) is 0.205. The van der Waals surface area contributed by atoms with E-state index in [1.165, 1.54) is 35.6 Å². The smallest absolute Gasteiger partial charge is 0.341 e. The number of hydrogen-bond acceptors (Lipinski definition) is 9. The molecule has 2 fully saturated rings. The van der Waals surface area contributed by atoms with Crippen molar-refractivity contribution in [2.24, 2.45) is 5.92 Å². The van der Waals surface area contributed by atoms with Crippen LogP contribution in [-0.4, -0.2) is 35.9 Å². The summed E-state index contributed by atoms with van der Waals surface area (Å²) >= 11 is 1.27. The van der Waals surface area contributed by atoms with Gasteiger partial charge in [0.25, 0.3) is 11.6 Å². The number of benzene rings is 2. The van der Waals surface area contributed by atoms with Gasteiger partial charge in [0.2, 0.25) is 5.91 Å². The zero-order chi connectivity index (χ0) is 26.6. The number of carbonyl (C=O) groups is 3. The number of amides is 2. The van der Waals surface area contributed by atoms with E-state index >= 15 is 0 Å². The minimum atomic E-state index is -1.16. The van der Waals surface area contributed by atoms with Crippen molar-refractivity contribution in [1.29, 1.82) is 0 Å². The van der Waals surface area contributed by atoms with E-state index in [9.17, 15) is 24.5 Å². The van der Waals surface area contributed by atoms with Crippen LogP contribution in [0.5, 0.6) is 0 Å². The highest BCUT2D eigenvalue weighted by Gasteiger charge is 2.61. The summed E-state index contributed by atoms with van der Waals surface area (Å²) < 4.78 is 5.04. The second kappa shape index (κ2) is 9.34. The van der Waals surface area contributed by atoms with E-state index in [1.54, 1.807) is 36.4 Å². The number of hydroxylamine groups is 1. The summed E-state index contributed by atoms with van der Waals surface area (Å²) in [6.45, 7) is 0. The third kappa shape index (κ3) is 3.69. The summed E-state index contributed by atoms with van der Waals surface area (Å²) in [6.07, 6.45) is 2.15. The summed E-state index contributed by atoms with van der Waals surface area (Å²) in [5.74, 6) is -2.65. The van der Waals surface area contributed by atoms with Crippen molar-refractivity contribution in [3.8, 4) is 0 Å². The Morgan fingerprint density at radius 3 is 2.58 bits per heavy atom. The Labute approximate surface area is 221 Å². The molecule has 1 aliphatic carbocycles. The van der Waals surface area contributed by atoms with Gasteiger partial charge in [-0.25, -0.2) is 14.8 Å². The number of esters is 1. The van der Waals surface area contributed by atoms with Crippen LogP contribution in [0.25, 0.3) is 0 Å². The average Bonchev–Trinajstić information content (AvgIpc) is 3.59. The maximum Gasteiger partial charge on any atom is 0.341 e. The molecule has 10 nitrogen and oxygen atoms in total. The average molecular weight is 534 g/mol. The number of imide groups is 1. The van der Waals surface area contributed by atoms with Gasteiger partial charge < -0.3 is 4.74 Å². The first-order valence-electron chi connectivity index (χ1n) is 12.3. The highest BCUT2D eigenvalue weighted by Crippen LogP contribution is 2.50. The first kappa shape index (κ1) is 24.3. The lowest BCUT2D eigenvalue weighted by Crippen LogP contribution is -2.37. The molecule has 0 radical (unpaired) electrons. The number of nitro groups is 1. The third-order valence-electron chi connectivity index (χ3n) is 7.29. The summed E-state index contributed by atoms with van der Waals surface area (Å²) in [6, 6.07) is 14.2. The number of rotatable bonds is 5. The van der Waals surface area contributed by atoms with Crippen LogP contribution in [0.3, 0.4) is 0 Å². The van der Waals surface area contributed by atoms with Gasteiger partial charge in [0, 0.05) is 17.0 Å². The van der Waals surface area contributed by atoms with Crippen molar-refractivity contribution in [3.63, 3.8) is 0 Å². The second-order valence-corrected chi connectivity index (χ2v) is 10.5. The molecule has 11 heteroatoms. The molecule has 3 atom stereocenters. The fourth-order valence-electron chi connectivity index (χ4n) is 5.60. The number of thiophene rings is 1. The van der Waals surface area contributed by atoms with Gasteiger partial charge in [-0.2, -0.15) is 0 Å². The Morgan fingerprint density at radius 2 is 1.84 bits per heavy atom. The van der Waals surface area contributed by atoms with Crippen LogP contribution in [0, 0.1) is 16.0 Å². The summed E-state index contributed by atoms with van der Waals surface area (Å²) in [5, 5.41) is 13.3. The van der Waals surface area contributed by atoms with E-state index < -0.39 is 40.8 Å². The Balaban J connectivity index is 1.46. The Morgan fingerprint density at radius 1 is 1.08 bits per heavy atom. The van der Waals surface area contributed by atoms with Gasteiger partial charge >= 0.3 is 5.97 Å². The summed E-state index contributed by atoms with van der Waals surface area (Å²) in [4.78, 5) is 59.9. The zero-order valence-electron chi connectivity index (χ0n) is 20.4. The van der Waals surface area contributed by atoms with Crippen molar-refractivity contribution in [2.75, 3.05) is 17.1 Å². The van der Waals surface area contributed by atoms with Crippen molar-refractivity contribution in [3.05, 3.63) is 86.3 Å². The number of hydrogen-bond donors (Lipinski definition) is 0. The highest BCUT2D eigenvalue weighted by atomic mass is 32.1. The first-order chi connectivity index (χ1) is 18.4. The zero-order valence-corrected chi connectivity index (χ0v) is 21.2. The van der Waals surface area contributed by atoms with Crippen LogP contribution in [0.2, 0.25) is 0 Å². The number of nitrogens with zero attached hydrogens (tertiary/aromatic N) is 3. The monoisotopic (exact) mass is 533 g/mol. The molecule has 3 heterocycles. The van der Waals surface area contributed by atoms with Gasteiger partial charge in [-0.3, -0.25) is 24.5 Å². The number of ether oxygens (including phenoxy) is 1. The molecule has 0 saturated carbocycles. The van der Waals surface area contributed by atoms with E-state index in [0.717, 1.165) is 34.6 Å². The molecule has 2 saturated heterocycles. The van der Waals surface area contributed by atoms with Crippen molar-refractivity contribution >= 4 is 45.5 Å². The number of anilines is 2. The number of carbonyl (C=O) groups excluding carboxylic acids is 3. The fraction of sp³-hybridized carbons (Fsp3) is 0.296. The lowest BCUT2D eigenvalue weighted by atomic mass is 9.90. The van der Waals surface area contributed by atoms with Crippen LogP contribution in [0.15, 0.2) is 54.6 Å². The summed E-state index contributed by atoms with van der Waals surface area (Å²) in [7, 11) is 1.28. The van der Waals surface area contributed by atoms with Crippen LogP contribution < -0.4 is 9.96 Å². The molecule has 3 aliphatic rings. The molecule has 2 amide bonds. The normalized spacial score (nSPS) is 22.4. The Hall–Kier alpha value is -4.09. The van der Waals surface area contributed by atoms with Crippen LogP contribution in [0.4, 0.5) is 16.4 Å². The van der Waals surface area contributed by atoms with Gasteiger partial charge in [0.1, 0.15) is 10.9 Å². The molecule has 0 bridgehead atoms. The van der Waals surface area contributed by atoms with Gasteiger partial charge in [0.05, 0.1) is 29.3 Å². The largest absolute Gasteiger partial charge is 0.465 e. The molecule has 0 unspecified atom stereocenters. The summed E-state index contributed by atoms with van der Waals surface area (Å²) in [5.41, 5.74) is 2.04. The lowest BCUT2D eigenvalue weighted by Gasteiger charge is -2.28. The molecule has 6 rings (SSSR count). The van der Waals surface area contributed by atoms with Crippen molar-refractivity contribution in [2.45, 2.75) is 37.8 Å². The van der Waals surface area contributed by atoms with Crippen molar-refractivity contribution < 1.29 is 28.9 Å². The molecule has 0 spiro atoms. The predicted molar refractivity (Wildman–Crippen MR) is 138 cm³/mol. The third-order valence-corrected chi connectivity index (χ3v) is 8.57. The molecular weight excluding hydrogens is 510 g/mol. The Bertz CT molecular complexity index is 1470. The molecule has 2 aromatic carbocycles. The topological polar surface area (TPSA) is 119 Å². The molecular formula is C27H23N3O7S. The minimum Gasteiger partial charge on any atom is -0.465 e. The number of non-ortho nitro benzene ring substituents is 1. The van der Waals surface area contributed by atoms with Gasteiger partial charge in [0.15, 0.2) is 6.10 Å². The number of aryl methyl sites for hydroxylation is 1. The van der Waals surface area contributed by atoms with E-state index in [0.29, 0.717) is 17.7 Å². The van der Waals surface area contributed by atoms with Gasteiger partial charge in [-0.05, 0) is 48.9 Å². The van der Waals surface area contributed by atoms with E-state index in [4.69, 9.17) is 9.57 Å². The van der Waals surface area contributed by atoms with Crippen LogP contribution in [0.1, 0.15) is 45.2 Å². The lowest BCUT2D eigenvalue weighted by molar-refractivity contribution is -0.384. The van der Waals surface area contributed by atoms with E-state index in [1.807, 2.05) is 6.07 Å². The second-order valence-electron chi connectivity index (χ2n) is 9.40. The standard InChI is InChI=1S/C27H23N3O7S/c1-36-27(33)20-18-12-5-6-13-19(18)38-26(20)28-24(31)21-22(15-8-7-11-17(14-15)30(34)35)29(37-23(21)25(28)32)16-9-3-2-4-10-16/h2-4,7-11,14,21-23H,5-6,12-13H2,1H3/t21-,22+,23-/m0/s1. The maximum atomic E-state index is 14.1. The van der Waals surface area contributed by atoms with Gasteiger partial charge in [-0.15, -0.1) is 11.3 Å².